The summed E-state index contributed by atoms with van der Waals surface area (Å²) in [7, 11) is -4.30. The van der Waals surface area contributed by atoms with Gasteiger partial charge in [0.2, 0.25) is 11.8 Å². The van der Waals surface area contributed by atoms with Gasteiger partial charge in [0.15, 0.2) is 0 Å². The predicted molar refractivity (Wildman–Crippen MR) is 173 cm³/mol. The number of ether oxygens (including phenoxy) is 1. The smallest absolute Gasteiger partial charge is 0.264 e. The summed E-state index contributed by atoms with van der Waals surface area (Å²) in [6, 6.07) is 16.3. The summed E-state index contributed by atoms with van der Waals surface area (Å²) in [5.41, 5.74) is 0.226. The number of hydrogen-bond acceptors (Lipinski definition) is 5. The fourth-order valence-electron chi connectivity index (χ4n) is 4.39. The zero-order valence-corrected chi connectivity index (χ0v) is 27.8. The van der Waals surface area contributed by atoms with Gasteiger partial charge < -0.3 is 15.0 Å². The topological polar surface area (TPSA) is 96.0 Å². The molecule has 0 aliphatic carbocycles. The van der Waals surface area contributed by atoms with Crippen molar-refractivity contribution in [1.29, 1.82) is 0 Å². The van der Waals surface area contributed by atoms with E-state index in [1.54, 1.807) is 56.3 Å². The third-order valence-electron chi connectivity index (χ3n) is 6.34. The van der Waals surface area contributed by atoms with E-state index in [-0.39, 0.29) is 46.8 Å². The maximum Gasteiger partial charge on any atom is 0.264 e. The number of carbonyl (C=O) groups is 2. The van der Waals surface area contributed by atoms with Gasteiger partial charge in [0.1, 0.15) is 18.3 Å². The Balaban J connectivity index is 2.14. The van der Waals surface area contributed by atoms with Crippen molar-refractivity contribution < 1.29 is 22.7 Å². The molecule has 0 heterocycles. The van der Waals surface area contributed by atoms with Gasteiger partial charge in [-0.15, -0.1) is 0 Å². The molecule has 0 radical (unpaired) electrons. The summed E-state index contributed by atoms with van der Waals surface area (Å²) >= 11 is 18.4. The number of para-hydroxylation sites is 2. The van der Waals surface area contributed by atoms with Crippen LogP contribution in [0.3, 0.4) is 0 Å². The average Bonchev–Trinajstić information content (AvgIpc) is 2.93. The van der Waals surface area contributed by atoms with Crippen LogP contribution in [0.4, 0.5) is 5.69 Å². The molecule has 3 rings (SSSR count). The summed E-state index contributed by atoms with van der Waals surface area (Å²) in [4.78, 5) is 29.1. The van der Waals surface area contributed by atoms with Gasteiger partial charge in [-0.05, 0) is 88.2 Å². The largest absolute Gasteiger partial charge is 0.492 e. The molecule has 0 aliphatic heterocycles. The highest BCUT2D eigenvalue weighted by molar-refractivity contribution is 7.92. The molecule has 0 aliphatic rings. The summed E-state index contributed by atoms with van der Waals surface area (Å²) in [5, 5.41) is 3.93. The van der Waals surface area contributed by atoms with Crippen LogP contribution >= 0.6 is 34.8 Å². The lowest BCUT2D eigenvalue weighted by molar-refractivity contribution is -0.141. The Kier molecular flexibility index (Phi) is 11.8. The molecule has 0 aromatic heterocycles. The minimum Gasteiger partial charge on any atom is -0.492 e. The van der Waals surface area contributed by atoms with Crippen LogP contribution in [0, 0.1) is 0 Å². The number of anilines is 1. The van der Waals surface area contributed by atoms with Crippen LogP contribution in [0.25, 0.3) is 0 Å². The number of rotatable bonds is 12. The third kappa shape index (κ3) is 9.01. The Morgan fingerprint density at radius 2 is 1.58 bits per heavy atom. The molecular weight excluding hydrogens is 633 g/mol. The number of benzene rings is 3. The Labute approximate surface area is 268 Å². The molecule has 2 amide bonds. The van der Waals surface area contributed by atoms with E-state index in [2.05, 4.69) is 5.32 Å². The molecule has 232 valence electrons. The highest BCUT2D eigenvalue weighted by Crippen LogP contribution is 2.33. The molecule has 3 aromatic carbocycles. The molecule has 0 fully saturated rings. The average molecular weight is 669 g/mol. The number of carbonyl (C=O) groups excluding carboxylic acids is 2. The number of halogens is 3. The van der Waals surface area contributed by atoms with E-state index >= 15 is 0 Å². The van der Waals surface area contributed by atoms with Gasteiger partial charge in [-0.1, -0.05) is 59.9 Å². The number of nitrogens with zero attached hydrogens (tertiary/aromatic N) is 2. The van der Waals surface area contributed by atoms with Crippen LogP contribution in [-0.2, 0) is 26.2 Å². The molecule has 0 spiro atoms. The van der Waals surface area contributed by atoms with Crippen molar-refractivity contribution in [2.45, 2.75) is 64.1 Å². The summed E-state index contributed by atoms with van der Waals surface area (Å²) in [5.74, 6) is -0.694. The van der Waals surface area contributed by atoms with Gasteiger partial charge in [-0.3, -0.25) is 13.9 Å². The minimum atomic E-state index is -4.30. The van der Waals surface area contributed by atoms with E-state index in [1.165, 1.54) is 29.2 Å². The second kappa shape index (κ2) is 14.7. The molecule has 0 unspecified atom stereocenters. The maximum absolute atomic E-state index is 14.3. The Morgan fingerprint density at radius 1 is 0.930 bits per heavy atom. The predicted octanol–water partition coefficient (Wildman–Crippen LogP) is 6.96. The molecule has 12 heteroatoms. The van der Waals surface area contributed by atoms with Gasteiger partial charge >= 0.3 is 0 Å². The first kappa shape index (κ1) is 34.5. The molecule has 0 saturated carbocycles. The monoisotopic (exact) mass is 667 g/mol. The SMILES string of the molecule is CCOc1ccccc1N(CC(=O)N(Cc1ccc(Cl)c(Cl)c1)[C@@H](CC)C(=O)NC(C)(C)C)S(=O)(=O)c1ccc(Cl)cc1. The second-order valence-electron chi connectivity index (χ2n) is 10.8. The van der Waals surface area contributed by atoms with Crippen molar-refractivity contribution in [2.24, 2.45) is 0 Å². The molecule has 1 N–H and O–H groups in total. The lowest BCUT2D eigenvalue weighted by Gasteiger charge is -2.35. The summed E-state index contributed by atoms with van der Waals surface area (Å²) in [6.45, 7) is 8.72. The summed E-state index contributed by atoms with van der Waals surface area (Å²) < 4.78 is 35.0. The number of amides is 2. The first-order chi connectivity index (χ1) is 20.2. The molecule has 1 atom stereocenters. The quantitative estimate of drug-likeness (QED) is 0.225. The van der Waals surface area contributed by atoms with E-state index in [9.17, 15) is 18.0 Å². The third-order valence-corrected chi connectivity index (χ3v) is 9.10. The van der Waals surface area contributed by atoms with Crippen molar-refractivity contribution in [3.8, 4) is 5.75 Å². The zero-order valence-electron chi connectivity index (χ0n) is 24.7. The highest BCUT2D eigenvalue weighted by Gasteiger charge is 2.35. The number of hydrogen-bond donors (Lipinski definition) is 1. The molecule has 8 nitrogen and oxygen atoms in total. The minimum absolute atomic E-state index is 0.0201. The molecule has 0 bridgehead atoms. The maximum atomic E-state index is 14.3. The molecule has 0 saturated heterocycles. The van der Waals surface area contributed by atoms with Crippen molar-refractivity contribution in [3.05, 3.63) is 87.4 Å². The van der Waals surface area contributed by atoms with Crippen molar-refractivity contribution >= 4 is 62.3 Å². The zero-order chi connectivity index (χ0) is 31.9. The van der Waals surface area contributed by atoms with E-state index in [4.69, 9.17) is 39.5 Å². The van der Waals surface area contributed by atoms with Gasteiger partial charge in [-0.2, -0.15) is 0 Å². The lowest BCUT2D eigenvalue weighted by Crippen LogP contribution is -2.55. The number of sulfonamides is 1. The van der Waals surface area contributed by atoms with Gasteiger partial charge in [0.25, 0.3) is 10.0 Å². The highest BCUT2D eigenvalue weighted by atomic mass is 35.5. The molecule has 3 aromatic rings. The van der Waals surface area contributed by atoms with Crippen LogP contribution in [0.2, 0.25) is 15.1 Å². The molecule has 43 heavy (non-hydrogen) atoms. The first-order valence-electron chi connectivity index (χ1n) is 13.7. The van der Waals surface area contributed by atoms with Crippen LogP contribution in [-0.4, -0.2) is 49.9 Å². The van der Waals surface area contributed by atoms with Crippen LogP contribution < -0.4 is 14.4 Å². The summed E-state index contributed by atoms with van der Waals surface area (Å²) in [6.07, 6.45) is 0.272. The standard InChI is InChI=1S/C31H36Cl3N3O5S/c1-6-26(30(39)35-31(3,4)5)36(19-21-12-17-24(33)25(34)18-21)29(38)20-37(27-10-8-9-11-28(27)42-7-2)43(40,41)23-15-13-22(32)14-16-23/h8-18,26H,6-7,19-20H2,1-5H3,(H,35,39)/t26-/m0/s1. The van der Waals surface area contributed by atoms with E-state index in [0.29, 0.717) is 15.6 Å². The van der Waals surface area contributed by atoms with Crippen molar-refractivity contribution in [2.75, 3.05) is 17.5 Å². The van der Waals surface area contributed by atoms with Crippen LogP contribution in [0.15, 0.2) is 71.6 Å². The first-order valence-corrected chi connectivity index (χ1v) is 16.3. The number of nitrogens with one attached hydrogen (secondary N) is 1. The Hall–Kier alpha value is -2.98. The molecular formula is C31H36Cl3N3O5S. The van der Waals surface area contributed by atoms with E-state index < -0.39 is 34.1 Å². The normalized spacial score (nSPS) is 12.4. The van der Waals surface area contributed by atoms with Gasteiger partial charge in [-0.25, -0.2) is 8.42 Å². The van der Waals surface area contributed by atoms with E-state index in [1.807, 2.05) is 20.8 Å². The van der Waals surface area contributed by atoms with Crippen molar-refractivity contribution in [3.63, 3.8) is 0 Å². The second-order valence-corrected chi connectivity index (χ2v) is 13.9. The lowest BCUT2D eigenvalue weighted by atomic mass is 10.1. The van der Waals surface area contributed by atoms with Crippen molar-refractivity contribution in [1.82, 2.24) is 10.2 Å². The Bertz CT molecular complexity index is 1540. The van der Waals surface area contributed by atoms with E-state index in [0.717, 1.165) is 4.31 Å². The Morgan fingerprint density at radius 3 is 2.16 bits per heavy atom. The fourth-order valence-corrected chi connectivity index (χ4v) is 6.27. The van der Waals surface area contributed by atoms with Gasteiger partial charge in [0.05, 0.1) is 27.2 Å². The van der Waals surface area contributed by atoms with Gasteiger partial charge in [0, 0.05) is 17.1 Å². The van der Waals surface area contributed by atoms with Crippen LogP contribution in [0.5, 0.6) is 5.75 Å². The fraction of sp³-hybridized carbons (Fsp3) is 0.355. The van der Waals surface area contributed by atoms with Crippen LogP contribution in [0.1, 0.15) is 46.6 Å².